The van der Waals surface area contributed by atoms with Gasteiger partial charge in [0.25, 0.3) is 0 Å². The van der Waals surface area contributed by atoms with E-state index in [0.717, 1.165) is 40.4 Å². The fraction of sp³-hybridized carbons (Fsp3) is 0.154. The molecule has 0 saturated carbocycles. The molecule has 178 valence electrons. The highest BCUT2D eigenvalue weighted by Crippen LogP contribution is 2.46. The van der Waals surface area contributed by atoms with Gasteiger partial charge in [0.05, 0.1) is 13.2 Å². The van der Waals surface area contributed by atoms with Gasteiger partial charge in [0.15, 0.2) is 0 Å². The maximum atomic E-state index is 12.8. The molecular formula is C26H20O4S5. The number of ether oxygens (including phenoxy) is 2. The molecule has 0 aromatic carbocycles. The third-order valence-electron chi connectivity index (χ3n) is 5.05. The van der Waals surface area contributed by atoms with Gasteiger partial charge in [0.1, 0.15) is 9.75 Å². The summed E-state index contributed by atoms with van der Waals surface area (Å²) in [4.78, 5) is 33.0. The van der Waals surface area contributed by atoms with Gasteiger partial charge in [0, 0.05) is 40.4 Å². The van der Waals surface area contributed by atoms with E-state index in [4.69, 9.17) is 9.47 Å². The fourth-order valence-electron chi connectivity index (χ4n) is 3.55. The lowest BCUT2D eigenvalue weighted by Crippen LogP contribution is -2.03. The standard InChI is InChI=1S/C26H20O4S5/c1-3-29-25(27)23-15(13-21(34-23)19-7-5-11-31-19)17-9-10-18(33-17)16-14-22(20-8-6-12-32-20)35-24(16)26(28)30-4-2/h5-14H,3-4H2,1-2H3. The lowest BCUT2D eigenvalue weighted by atomic mass is 10.1. The molecule has 5 rings (SSSR count). The van der Waals surface area contributed by atoms with Crippen LogP contribution in [0.5, 0.6) is 0 Å². The van der Waals surface area contributed by atoms with Crippen LogP contribution in [0.3, 0.4) is 0 Å². The molecular weight excluding hydrogens is 537 g/mol. The molecule has 0 saturated heterocycles. The molecule has 5 aromatic heterocycles. The third kappa shape index (κ3) is 4.92. The Morgan fingerprint density at radius 2 is 1.09 bits per heavy atom. The molecule has 5 aromatic rings. The van der Waals surface area contributed by atoms with Crippen LogP contribution in [0, 0.1) is 0 Å². The van der Waals surface area contributed by atoms with E-state index in [1.54, 1.807) is 34.0 Å². The molecule has 0 aliphatic carbocycles. The molecule has 0 spiro atoms. The number of hydrogen-bond donors (Lipinski definition) is 0. The Morgan fingerprint density at radius 3 is 1.46 bits per heavy atom. The van der Waals surface area contributed by atoms with Gasteiger partial charge in [-0.2, -0.15) is 0 Å². The van der Waals surface area contributed by atoms with Crippen LogP contribution in [0.15, 0.2) is 59.3 Å². The molecule has 0 N–H and O–H groups in total. The molecule has 0 aliphatic heterocycles. The second-order valence-corrected chi connectivity index (χ2v) is 12.3. The predicted molar refractivity (Wildman–Crippen MR) is 149 cm³/mol. The number of carbonyl (C=O) groups excluding carboxylic acids is 2. The number of thiophene rings is 5. The van der Waals surface area contributed by atoms with E-state index in [1.165, 1.54) is 22.7 Å². The highest BCUT2D eigenvalue weighted by atomic mass is 32.1. The average molecular weight is 557 g/mol. The second-order valence-electron chi connectivity index (χ2n) is 7.27. The van der Waals surface area contributed by atoms with Crippen LogP contribution in [0.25, 0.3) is 40.4 Å². The molecule has 0 amide bonds. The number of carbonyl (C=O) groups is 2. The van der Waals surface area contributed by atoms with E-state index in [9.17, 15) is 9.59 Å². The first kappa shape index (κ1) is 24.1. The van der Waals surface area contributed by atoms with E-state index >= 15 is 0 Å². The second kappa shape index (κ2) is 10.6. The number of esters is 2. The lowest BCUT2D eigenvalue weighted by molar-refractivity contribution is 0.0523. The van der Waals surface area contributed by atoms with Crippen molar-refractivity contribution in [3.05, 3.63) is 69.0 Å². The van der Waals surface area contributed by atoms with E-state index < -0.39 is 0 Å². The molecule has 0 fully saturated rings. The van der Waals surface area contributed by atoms with Crippen molar-refractivity contribution < 1.29 is 19.1 Å². The van der Waals surface area contributed by atoms with Crippen molar-refractivity contribution in [3.8, 4) is 40.4 Å². The van der Waals surface area contributed by atoms with Gasteiger partial charge in [-0.1, -0.05) is 12.1 Å². The van der Waals surface area contributed by atoms with Gasteiger partial charge in [-0.25, -0.2) is 9.59 Å². The molecule has 0 aliphatic rings. The zero-order valence-electron chi connectivity index (χ0n) is 18.9. The predicted octanol–water partition coefficient (Wildman–Crippen LogP) is 9.02. The molecule has 5 heterocycles. The van der Waals surface area contributed by atoms with Gasteiger partial charge >= 0.3 is 11.9 Å². The van der Waals surface area contributed by atoms with E-state index in [1.807, 2.05) is 48.9 Å². The van der Waals surface area contributed by atoms with Crippen LogP contribution >= 0.6 is 56.7 Å². The number of rotatable bonds is 8. The quantitative estimate of drug-likeness (QED) is 0.179. The summed E-state index contributed by atoms with van der Waals surface area (Å²) < 4.78 is 10.7. The van der Waals surface area contributed by atoms with Crippen molar-refractivity contribution in [3.63, 3.8) is 0 Å². The van der Waals surface area contributed by atoms with Crippen molar-refractivity contribution >= 4 is 68.6 Å². The van der Waals surface area contributed by atoms with E-state index in [-0.39, 0.29) is 11.9 Å². The minimum absolute atomic E-state index is 0.312. The third-order valence-corrected chi connectivity index (χ3v) is 10.6. The van der Waals surface area contributed by atoms with Crippen LogP contribution in [-0.2, 0) is 9.47 Å². The van der Waals surface area contributed by atoms with Crippen molar-refractivity contribution in [2.45, 2.75) is 13.8 Å². The summed E-state index contributed by atoms with van der Waals surface area (Å²) in [6.45, 7) is 4.27. The van der Waals surface area contributed by atoms with Gasteiger partial charge in [-0.05, 0) is 61.0 Å². The Morgan fingerprint density at radius 1 is 0.629 bits per heavy atom. The van der Waals surface area contributed by atoms with Crippen LogP contribution < -0.4 is 0 Å². The van der Waals surface area contributed by atoms with Crippen molar-refractivity contribution in [1.29, 1.82) is 0 Å². The summed E-state index contributed by atoms with van der Waals surface area (Å²) >= 11 is 7.76. The zero-order chi connectivity index (χ0) is 24.4. The maximum absolute atomic E-state index is 12.8. The summed E-state index contributed by atoms with van der Waals surface area (Å²) in [6, 6.07) is 16.3. The van der Waals surface area contributed by atoms with E-state index in [2.05, 4.69) is 24.3 Å². The van der Waals surface area contributed by atoms with Gasteiger partial charge in [-0.3, -0.25) is 0 Å². The topological polar surface area (TPSA) is 52.6 Å². The maximum Gasteiger partial charge on any atom is 0.348 e. The first-order valence-electron chi connectivity index (χ1n) is 10.9. The molecule has 0 radical (unpaired) electrons. The highest BCUT2D eigenvalue weighted by molar-refractivity contribution is 7.24. The van der Waals surface area contributed by atoms with Gasteiger partial charge in [-0.15, -0.1) is 56.7 Å². The van der Waals surface area contributed by atoms with Crippen molar-refractivity contribution in [1.82, 2.24) is 0 Å². The van der Waals surface area contributed by atoms with E-state index in [0.29, 0.717) is 23.0 Å². The highest BCUT2D eigenvalue weighted by Gasteiger charge is 2.24. The largest absolute Gasteiger partial charge is 0.462 e. The van der Waals surface area contributed by atoms with Crippen LogP contribution in [0.2, 0.25) is 0 Å². The van der Waals surface area contributed by atoms with Crippen LogP contribution in [0.4, 0.5) is 0 Å². The molecule has 0 atom stereocenters. The SMILES string of the molecule is CCOC(=O)c1sc(-c2cccs2)cc1-c1ccc(-c2cc(-c3cccs3)sc2C(=O)OCC)s1. The van der Waals surface area contributed by atoms with Crippen LogP contribution in [0.1, 0.15) is 33.2 Å². The molecule has 35 heavy (non-hydrogen) atoms. The summed E-state index contributed by atoms with van der Waals surface area (Å²) in [6.07, 6.45) is 0. The normalized spacial score (nSPS) is 11.0. The minimum atomic E-state index is -0.312. The van der Waals surface area contributed by atoms with Gasteiger partial charge in [0.2, 0.25) is 0 Å². The average Bonchev–Trinajstić information content (AvgIpc) is 3.68. The Kier molecular flexibility index (Phi) is 7.31. The zero-order valence-corrected chi connectivity index (χ0v) is 22.9. The molecule has 9 heteroatoms. The van der Waals surface area contributed by atoms with Crippen molar-refractivity contribution in [2.75, 3.05) is 13.2 Å². The Hall–Kier alpha value is -2.56. The Labute approximate surface area is 223 Å². The molecule has 4 nitrogen and oxygen atoms in total. The Balaban J connectivity index is 1.58. The smallest absolute Gasteiger partial charge is 0.348 e. The Bertz CT molecular complexity index is 1340. The molecule has 0 bridgehead atoms. The monoisotopic (exact) mass is 556 g/mol. The fourth-order valence-corrected chi connectivity index (χ4v) is 8.52. The minimum Gasteiger partial charge on any atom is -0.462 e. The van der Waals surface area contributed by atoms with Gasteiger partial charge < -0.3 is 9.47 Å². The summed E-state index contributed by atoms with van der Waals surface area (Å²) in [5.74, 6) is -0.624. The van der Waals surface area contributed by atoms with Crippen molar-refractivity contribution in [2.24, 2.45) is 0 Å². The molecule has 0 unspecified atom stereocenters. The first-order chi connectivity index (χ1) is 17.1. The first-order valence-corrected chi connectivity index (χ1v) is 15.1. The number of hydrogen-bond acceptors (Lipinski definition) is 9. The summed E-state index contributed by atoms with van der Waals surface area (Å²) in [5, 5.41) is 4.06. The summed E-state index contributed by atoms with van der Waals surface area (Å²) in [5.41, 5.74) is 1.72. The lowest BCUT2D eigenvalue weighted by Gasteiger charge is -2.02. The summed E-state index contributed by atoms with van der Waals surface area (Å²) in [7, 11) is 0. The van der Waals surface area contributed by atoms with Crippen LogP contribution in [-0.4, -0.2) is 25.2 Å².